The molecule has 2 atom stereocenters. The van der Waals surface area contributed by atoms with Crippen molar-refractivity contribution in [1.82, 2.24) is 9.29 Å². The maximum Gasteiger partial charge on any atom is 0.243 e. The van der Waals surface area contributed by atoms with Crippen LogP contribution in [0.3, 0.4) is 0 Å². The highest BCUT2D eigenvalue weighted by Crippen LogP contribution is 2.28. The Balaban J connectivity index is 1.49. The Morgan fingerprint density at radius 2 is 1.91 bits per heavy atom. The number of aromatic nitrogens is 1. The normalized spacial score (nSPS) is 20.0. The molecule has 32 heavy (non-hydrogen) atoms. The van der Waals surface area contributed by atoms with Crippen molar-refractivity contribution < 1.29 is 13.2 Å². The molecule has 3 aromatic rings. The molecule has 0 unspecified atom stereocenters. The Hall–Kier alpha value is -2.30. The molecule has 1 fully saturated rings. The van der Waals surface area contributed by atoms with Gasteiger partial charge in [-0.05, 0) is 43.7 Å². The summed E-state index contributed by atoms with van der Waals surface area (Å²) >= 11 is 7.27. The van der Waals surface area contributed by atoms with Crippen molar-refractivity contribution >= 4 is 44.3 Å². The molecule has 2 aromatic carbocycles. The number of nitrogens with zero attached hydrogens (tertiary/aromatic N) is 3. The Morgan fingerprint density at radius 3 is 2.62 bits per heavy atom. The average molecular weight is 491 g/mol. The zero-order valence-corrected chi connectivity index (χ0v) is 20.0. The number of anilines is 1. The van der Waals surface area contributed by atoms with E-state index in [1.807, 2.05) is 37.4 Å². The van der Waals surface area contributed by atoms with E-state index >= 15 is 0 Å². The first-order chi connectivity index (χ1) is 15.3. The van der Waals surface area contributed by atoms with Crippen molar-refractivity contribution in [3.05, 3.63) is 64.5 Å². The SMILES string of the molecule is C[C@@H]1CN(S(=O)(=O)c2cccc(-c3csc(N/N=C/c4ccc(Cl)cc4)n3)c2)C[C@@H](C)O1. The van der Waals surface area contributed by atoms with Gasteiger partial charge < -0.3 is 4.74 Å². The number of morpholine rings is 1. The molecule has 0 saturated carbocycles. The van der Waals surface area contributed by atoms with Crippen LogP contribution in [0.2, 0.25) is 5.02 Å². The molecule has 0 radical (unpaired) electrons. The summed E-state index contributed by atoms with van der Waals surface area (Å²) in [5.41, 5.74) is 5.22. The maximum absolute atomic E-state index is 13.2. The second kappa shape index (κ2) is 9.68. The minimum Gasteiger partial charge on any atom is -0.373 e. The molecule has 1 N–H and O–H groups in total. The van der Waals surface area contributed by atoms with E-state index in [9.17, 15) is 8.42 Å². The summed E-state index contributed by atoms with van der Waals surface area (Å²) in [6.07, 6.45) is 1.39. The molecular weight excluding hydrogens is 468 g/mol. The number of hydrogen-bond donors (Lipinski definition) is 1. The number of sulfonamides is 1. The Labute approximate surface area is 196 Å². The summed E-state index contributed by atoms with van der Waals surface area (Å²) in [6.45, 7) is 4.45. The smallest absolute Gasteiger partial charge is 0.243 e. The molecule has 0 spiro atoms. The molecule has 0 amide bonds. The van der Waals surface area contributed by atoms with Crippen LogP contribution in [0.15, 0.2) is 63.9 Å². The Kier molecular flexibility index (Phi) is 6.92. The Bertz CT molecular complexity index is 1200. The lowest BCUT2D eigenvalue weighted by molar-refractivity contribution is -0.0440. The summed E-state index contributed by atoms with van der Waals surface area (Å²) in [6, 6.07) is 14.2. The van der Waals surface area contributed by atoms with E-state index in [0.717, 1.165) is 11.1 Å². The third-order valence-electron chi connectivity index (χ3n) is 4.90. The van der Waals surface area contributed by atoms with Crippen molar-refractivity contribution in [2.24, 2.45) is 5.10 Å². The van der Waals surface area contributed by atoms with Crippen molar-refractivity contribution in [1.29, 1.82) is 0 Å². The number of hydrogen-bond acceptors (Lipinski definition) is 7. The molecule has 7 nitrogen and oxygen atoms in total. The number of nitrogens with one attached hydrogen (secondary N) is 1. The zero-order chi connectivity index (χ0) is 22.7. The van der Waals surface area contributed by atoms with Crippen LogP contribution in [-0.2, 0) is 14.8 Å². The van der Waals surface area contributed by atoms with E-state index in [-0.39, 0.29) is 17.1 Å². The first-order valence-corrected chi connectivity index (χ1v) is 12.8. The van der Waals surface area contributed by atoms with Gasteiger partial charge in [-0.25, -0.2) is 13.4 Å². The van der Waals surface area contributed by atoms with Gasteiger partial charge in [0, 0.05) is 29.1 Å². The van der Waals surface area contributed by atoms with Crippen LogP contribution >= 0.6 is 22.9 Å². The van der Waals surface area contributed by atoms with Crippen molar-refractivity contribution in [2.45, 2.75) is 31.0 Å². The summed E-state index contributed by atoms with van der Waals surface area (Å²) < 4.78 is 33.5. The average Bonchev–Trinajstić information content (AvgIpc) is 3.23. The zero-order valence-electron chi connectivity index (χ0n) is 17.6. The van der Waals surface area contributed by atoms with Gasteiger partial charge in [-0.15, -0.1) is 11.3 Å². The molecular formula is C22H23ClN4O3S2. The fraction of sp³-hybridized carbons (Fsp3) is 0.273. The molecule has 1 aromatic heterocycles. The number of thiazole rings is 1. The monoisotopic (exact) mass is 490 g/mol. The van der Waals surface area contributed by atoms with E-state index in [0.29, 0.717) is 28.9 Å². The van der Waals surface area contributed by atoms with Crippen LogP contribution in [-0.4, -0.2) is 49.2 Å². The fourth-order valence-corrected chi connectivity index (χ4v) is 5.89. The van der Waals surface area contributed by atoms with E-state index in [1.165, 1.54) is 15.6 Å². The third kappa shape index (κ3) is 5.36. The van der Waals surface area contributed by atoms with Gasteiger partial charge in [-0.3, -0.25) is 5.43 Å². The summed E-state index contributed by atoms with van der Waals surface area (Å²) in [4.78, 5) is 4.78. The minimum atomic E-state index is -3.62. The molecule has 0 bridgehead atoms. The molecule has 1 saturated heterocycles. The highest BCUT2D eigenvalue weighted by atomic mass is 35.5. The first-order valence-electron chi connectivity index (χ1n) is 10.1. The molecule has 4 rings (SSSR count). The lowest BCUT2D eigenvalue weighted by Crippen LogP contribution is -2.48. The standard InChI is InChI=1S/C22H23ClN4O3S2/c1-15-12-27(13-16(2)30-15)32(28,29)20-5-3-4-18(10-20)21-14-31-22(25-21)26-24-11-17-6-8-19(23)9-7-17/h3-11,14-16H,12-13H2,1-2H3,(H,25,26)/b24-11+/t15-,16-/m1/s1. The quantitative estimate of drug-likeness (QED) is 0.399. The minimum absolute atomic E-state index is 0.141. The predicted octanol–water partition coefficient (Wildman–Crippen LogP) is 4.71. The number of halogens is 1. The lowest BCUT2D eigenvalue weighted by Gasteiger charge is -2.34. The predicted molar refractivity (Wildman–Crippen MR) is 129 cm³/mol. The van der Waals surface area contributed by atoms with E-state index < -0.39 is 10.0 Å². The maximum atomic E-state index is 13.2. The second-order valence-electron chi connectivity index (χ2n) is 7.57. The van der Waals surface area contributed by atoms with Crippen molar-refractivity contribution in [3.63, 3.8) is 0 Å². The van der Waals surface area contributed by atoms with Crippen LogP contribution in [0, 0.1) is 0 Å². The van der Waals surface area contributed by atoms with Gasteiger partial charge in [0.05, 0.1) is 29.0 Å². The van der Waals surface area contributed by atoms with Crippen LogP contribution < -0.4 is 5.43 Å². The number of rotatable bonds is 6. The Morgan fingerprint density at radius 1 is 1.19 bits per heavy atom. The van der Waals surface area contributed by atoms with Gasteiger partial charge in [0.15, 0.2) is 0 Å². The van der Waals surface area contributed by atoms with Gasteiger partial charge in [0.1, 0.15) is 0 Å². The first kappa shape index (κ1) is 22.9. The number of hydrazone groups is 1. The highest BCUT2D eigenvalue weighted by molar-refractivity contribution is 7.89. The molecule has 1 aliphatic heterocycles. The van der Waals surface area contributed by atoms with Gasteiger partial charge in [0.2, 0.25) is 15.2 Å². The van der Waals surface area contributed by atoms with Crippen molar-refractivity contribution in [2.75, 3.05) is 18.5 Å². The molecule has 10 heteroatoms. The summed E-state index contributed by atoms with van der Waals surface area (Å²) in [7, 11) is -3.62. The van der Waals surface area contributed by atoms with Gasteiger partial charge >= 0.3 is 0 Å². The number of benzene rings is 2. The summed E-state index contributed by atoms with van der Waals surface area (Å²) in [5.74, 6) is 0. The van der Waals surface area contributed by atoms with Crippen molar-refractivity contribution in [3.8, 4) is 11.3 Å². The summed E-state index contributed by atoms with van der Waals surface area (Å²) in [5, 5.41) is 7.34. The van der Waals surface area contributed by atoms with E-state index in [4.69, 9.17) is 16.3 Å². The van der Waals surface area contributed by atoms with Crippen LogP contribution in [0.1, 0.15) is 19.4 Å². The molecule has 0 aliphatic carbocycles. The molecule has 2 heterocycles. The van der Waals surface area contributed by atoms with Gasteiger partial charge in [-0.1, -0.05) is 35.9 Å². The van der Waals surface area contributed by atoms with Crippen LogP contribution in [0.4, 0.5) is 5.13 Å². The number of ether oxygens (including phenoxy) is 1. The van der Waals surface area contributed by atoms with E-state index in [1.54, 1.807) is 36.5 Å². The largest absolute Gasteiger partial charge is 0.373 e. The second-order valence-corrected chi connectivity index (χ2v) is 10.8. The van der Waals surface area contributed by atoms with Crippen LogP contribution in [0.5, 0.6) is 0 Å². The molecule has 168 valence electrons. The highest BCUT2D eigenvalue weighted by Gasteiger charge is 2.32. The van der Waals surface area contributed by atoms with Gasteiger partial charge in [0.25, 0.3) is 0 Å². The van der Waals surface area contributed by atoms with Crippen LogP contribution in [0.25, 0.3) is 11.3 Å². The lowest BCUT2D eigenvalue weighted by atomic mass is 10.2. The topological polar surface area (TPSA) is 83.9 Å². The third-order valence-corrected chi connectivity index (χ3v) is 7.73. The molecule has 1 aliphatic rings. The van der Waals surface area contributed by atoms with Gasteiger partial charge in [-0.2, -0.15) is 9.41 Å². The van der Waals surface area contributed by atoms with E-state index in [2.05, 4.69) is 15.5 Å². The fourth-order valence-electron chi connectivity index (χ4n) is 3.46.